The van der Waals surface area contributed by atoms with Crippen LogP contribution in [0.25, 0.3) is 27.8 Å². The average molecular weight is 481 g/mol. The maximum absolute atomic E-state index is 13.4. The normalized spacial score (nSPS) is 11.2. The number of nitrogens with one attached hydrogen (secondary N) is 2. The number of rotatable bonds is 7. The molecule has 0 bridgehead atoms. The number of aromatic nitrogens is 6. The summed E-state index contributed by atoms with van der Waals surface area (Å²) in [7, 11) is 1.56. The maximum Gasteiger partial charge on any atom is 0.229 e. The van der Waals surface area contributed by atoms with Gasteiger partial charge >= 0.3 is 0 Å². The summed E-state index contributed by atoms with van der Waals surface area (Å²) in [6.45, 7) is 0.217. The van der Waals surface area contributed by atoms with E-state index in [2.05, 4.69) is 30.5 Å². The predicted molar refractivity (Wildman–Crippen MR) is 133 cm³/mol. The molecule has 0 aliphatic carbocycles. The number of ether oxygens (including phenoxy) is 2. The molecule has 0 saturated heterocycles. The molecule has 6 aromatic rings. The number of imidazole rings is 1. The SMILES string of the molecule is COc1cc(Nc2ncc3ncn(-c4ccc5cn[nH]c5c4)c3n2)ccc1OCc1cccc(F)c1. The summed E-state index contributed by atoms with van der Waals surface area (Å²) in [6.07, 6.45) is 5.17. The molecule has 0 unspecified atom stereocenters. The van der Waals surface area contributed by atoms with Crippen LogP contribution in [-0.4, -0.2) is 36.8 Å². The Hall–Kier alpha value is -4.99. The molecular weight excluding hydrogens is 461 g/mol. The molecule has 0 aliphatic rings. The lowest BCUT2D eigenvalue weighted by Crippen LogP contribution is -2.01. The predicted octanol–water partition coefficient (Wildman–Crippen LogP) is 5.16. The van der Waals surface area contributed by atoms with Gasteiger partial charge in [0, 0.05) is 17.1 Å². The van der Waals surface area contributed by atoms with Gasteiger partial charge in [-0.2, -0.15) is 10.1 Å². The van der Waals surface area contributed by atoms with Gasteiger partial charge in [0.05, 0.1) is 30.7 Å². The Bertz CT molecular complexity index is 1700. The van der Waals surface area contributed by atoms with Gasteiger partial charge < -0.3 is 14.8 Å². The van der Waals surface area contributed by atoms with E-state index in [1.54, 1.807) is 50.1 Å². The van der Waals surface area contributed by atoms with E-state index < -0.39 is 0 Å². The molecule has 0 radical (unpaired) electrons. The molecule has 10 heteroatoms. The number of aromatic amines is 1. The van der Waals surface area contributed by atoms with Crippen molar-refractivity contribution in [2.75, 3.05) is 12.4 Å². The van der Waals surface area contributed by atoms with E-state index in [1.807, 2.05) is 28.8 Å². The zero-order valence-electron chi connectivity index (χ0n) is 19.1. The van der Waals surface area contributed by atoms with Crippen LogP contribution < -0.4 is 14.8 Å². The third-order valence-electron chi connectivity index (χ3n) is 5.70. The van der Waals surface area contributed by atoms with Crippen molar-refractivity contribution < 1.29 is 13.9 Å². The zero-order chi connectivity index (χ0) is 24.5. The summed E-state index contributed by atoms with van der Waals surface area (Å²) in [5, 5.41) is 11.3. The molecular formula is C26H20FN7O2. The van der Waals surface area contributed by atoms with Gasteiger partial charge in [0.1, 0.15) is 24.3 Å². The molecule has 9 nitrogen and oxygen atoms in total. The highest BCUT2D eigenvalue weighted by Gasteiger charge is 2.12. The number of methoxy groups -OCH3 is 1. The van der Waals surface area contributed by atoms with Crippen LogP contribution in [0.4, 0.5) is 16.0 Å². The van der Waals surface area contributed by atoms with Gasteiger partial charge in [-0.1, -0.05) is 12.1 Å². The lowest BCUT2D eigenvalue weighted by atomic mass is 10.2. The fourth-order valence-corrected chi connectivity index (χ4v) is 3.92. The molecule has 3 heterocycles. The fraction of sp³-hybridized carbons (Fsp3) is 0.0769. The zero-order valence-corrected chi connectivity index (χ0v) is 19.1. The first-order valence-electron chi connectivity index (χ1n) is 11.1. The van der Waals surface area contributed by atoms with Crippen molar-refractivity contribution >= 4 is 33.7 Å². The van der Waals surface area contributed by atoms with Gasteiger partial charge in [0.15, 0.2) is 17.1 Å². The first kappa shape index (κ1) is 21.5. The lowest BCUT2D eigenvalue weighted by Gasteiger charge is -2.13. The standard InChI is InChI=1S/C26H20FN7O2/c1-35-24-10-19(6-8-23(24)36-14-16-3-2-4-18(27)9-16)31-26-28-13-22-25(32-26)34(15-29-22)20-7-5-17-12-30-33-21(17)11-20/h2-13,15H,14H2,1H3,(H,30,33)(H,28,31,32). The van der Waals surface area contributed by atoms with E-state index in [0.717, 1.165) is 22.2 Å². The lowest BCUT2D eigenvalue weighted by molar-refractivity contribution is 0.284. The highest BCUT2D eigenvalue weighted by atomic mass is 19.1. The molecule has 3 aromatic heterocycles. The van der Waals surface area contributed by atoms with Crippen molar-refractivity contribution in [2.24, 2.45) is 0 Å². The summed E-state index contributed by atoms with van der Waals surface area (Å²) < 4.78 is 26.7. The van der Waals surface area contributed by atoms with E-state index in [-0.39, 0.29) is 12.4 Å². The van der Waals surface area contributed by atoms with Crippen LogP contribution in [-0.2, 0) is 6.61 Å². The van der Waals surface area contributed by atoms with Crippen molar-refractivity contribution in [1.82, 2.24) is 29.7 Å². The number of fused-ring (bicyclic) bond motifs is 2. The van der Waals surface area contributed by atoms with Crippen LogP contribution in [0.1, 0.15) is 5.56 Å². The quantitative estimate of drug-likeness (QED) is 0.325. The van der Waals surface area contributed by atoms with Crippen molar-refractivity contribution in [2.45, 2.75) is 6.61 Å². The molecule has 178 valence electrons. The van der Waals surface area contributed by atoms with E-state index in [1.165, 1.54) is 12.1 Å². The summed E-state index contributed by atoms with van der Waals surface area (Å²) in [6, 6.07) is 17.7. The van der Waals surface area contributed by atoms with E-state index in [4.69, 9.17) is 9.47 Å². The number of anilines is 2. The molecule has 0 atom stereocenters. The Morgan fingerprint density at radius 1 is 1.00 bits per heavy atom. The first-order valence-corrected chi connectivity index (χ1v) is 11.1. The summed E-state index contributed by atoms with van der Waals surface area (Å²) in [4.78, 5) is 13.5. The molecule has 6 rings (SSSR count). The monoisotopic (exact) mass is 481 g/mol. The van der Waals surface area contributed by atoms with Crippen LogP contribution in [0.15, 0.2) is 79.4 Å². The van der Waals surface area contributed by atoms with Gasteiger partial charge in [-0.15, -0.1) is 0 Å². The molecule has 0 amide bonds. The Kier molecular flexibility index (Phi) is 5.38. The second-order valence-corrected chi connectivity index (χ2v) is 8.07. The molecule has 0 aliphatic heterocycles. The van der Waals surface area contributed by atoms with Crippen molar-refractivity contribution in [1.29, 1.82) is 0 Å². The van der Waals surface area contributed by atoms with Gasteiger partial charge in [0.2, 0.25) is 5.95 Å². The Labute approximate surface area is 204 Å². The first-order chi connectivity index (χ1) is 17.7. The second-order valence-electron chi connectivity index (χ2n) is 8.07. The van der Waals surface area contributed by atoms with E-state index in [9.17, 15) is 4.39 Å². The molecule has 0 spiro atoms. The summed E-state index contributed by atoms with van der Waals surface area (Å²) >= 11 is 0. The van der Waals surface area contributed by atoms with Crippen molar-refractivity contribution in [3.05, 3.63) is 90.8 Å². The molecule has 0 saturated carbocycles. The van der Waals surface area contributed by atoms with Crippen molar-refractivity contribution in [3.63, 3.8) is 0 Å². The second kappa shape index (κ2) is 8.99. The average Bonchev–Trinajstić information content (AvgIpc) is 3.54. The minimum Gasteiger partial charge on any atom is -0.493 e. The van der Waals surface area contributed by atoms with E-state index in [0.29, 0.717) is 34.3 Å². The molecule has 0 fully saturated rings. The minimum absolute atomic E-state index is 0.217. The maximum atomic E-state index is 13.4. The van der Waals surface area contributed by atoms with Crippen LogP contribution in [0, 0.1) is 5.82 Å². The van der Waals surface area contributed by atoms with Crippen molar-refractivity contribution in [3.8, 4) is 17.2 Å². The molecule has 3 aromatic carbocycles. The minimum atomic E-state index is -0.303. The molecule has 2 N–H and O–H groups in total. The van der Waals surface area contributed by atoms with E-state index >= 15 is 0 Å². The topological polar surface area (TPSA) is 103 Å². The highest BCUT2D eigenvalue weighted by molar-refractivity contribution is 5.81. The van der Waals surface area contributed by atoms with Crippen LogP contribution in [0.5, 0.6) is 11.5 Å². The van der Waals surface area contributed by atoms with Gasteiger partial charge in [-0.25, -0.2) is 14.4 Å². The van der Waals surface area contributed by atoms with Crippen LogP contribution in [0.2, 0.25) is 0 Å². The van der Waals surface area contributed by atoms with Gasteiger partial charge in [-0.05, 0) is 48.0 Å². The number of hydrogen-bond donors (Lipinski definition) is 2. The number of hydrogen-bond acceptors (Lipinski definition) is 7. The number of benzene rings is 3. The number of nitrogens with zero attached hydrogens (tertiary/aromatic N) is 5. The largest absolute Gasteiger partial charge is 0.493 e. The number of halogens is 1. The third kappa shape index (κ3) is 4.16. The summed E-state index contributed by atoms with van der Waals surface area (Å²) in [5.41, 5.74) is 4.60. The molecule has 36 heavy (non-hydrogen) atoms. The summed E-state index contributed by atoms with van der Waals surface area (Å²) in [5.74, 6) is 1.16. The third-order valence-corrected chi connectivity index (χ3v) is 5.70. The van der Waals surface area contributed by atoms with Gasteiger partial charge in [0.25, 0.3) is 0 Å². The smallest absolute Gasteiger partial charge is 0.229 e. The Balaban J connectivity index is 1.24. The Morgan fingerprint density at radius 3 is 2.83 bits per heavy atom. The van der Waals surface area contributed by atoms with Gasteiger partial charge in [-0.3, -0.25) is 9.67 Å². The Morgan fingerprint density at radius 2 is 1.94 bits per heavy atom. The fourth-order valence-electron chi connectivity index (χ4n) is 3.92. The number of H-pyrrole nitrogens is 1. The van der Waals surface area contributed by atoms with Crippen LogP contribution >= 0.6 is 0 Å². The van der Waals surface area contributed by atoms with Crippen LogP contribution in [0.3, 0.4) is 0 Å². The highest BCUT2D eigenvalue weighted by Crippen LogP contribution is 2.32.